The third kappa shape index (κ3) is 3.76. The van der Waals surface area contributed by atoms with Gasteiger partial charge in [-0.2, -0.15) is 5.10 Å². The fourth-order valence-corrected chi connectivity index (χ4v) is 2.51. The Morgan fingerprint density at radius 3 is 2.84 bits per heavy atom. The minimum absolute atomic E-state index is 0.0464. The molecule has 2 aliphatic heterocycles. The molecule has 0 saturated carbocycles. The Bertz CT molecular complexity index is 375. The Hall–Kier alpha value is -1.43. The van der Waals surface area contributed by atoms with Gasteiger partial charge >= 0.3 is 0 Å². The Morgan fingerprint density at radius 1 is 1.42 bits per heavy atom. The Morgan fingerprint density at radius 2 is 2.26 bits per heavy atom. The summed E-state index contributed by atoms with van der Waals surface area (Å²) in [5.74, 6) is -0.164. The first-order chi connectivity index (χ1) is 9.20. The normalized spacial score (nSPS) is 23.5. The van der Waals surface area contributed by atoms with E-state index in [9.17, 15) is 9.59 Å². The summed E-state index contributed by atoms with van der Waals surface area (Å²) in [5, 5.41) is 7.32. The number of likely N-dealkylation sites (N-methyl/N-ethyl adjacent to an activating group) is 1. The first kappa shape index (κ1) is 14.0. The molecule has 6 heteroatoms. The van der Waals surface area contributed by atoms with Gasteiger partial charge in [0, 0.05) is 32.0 Å². The van der Waals surface area contributed by atoms with Crippen LogP contribution < -0.4 is 10.7 Å². The second kappa shape index (κ2) is 6.65. The Kier molecular flexibility index (Phi) is 4.90. The maximum Gasteiger partial charge on any atom is 0.270 e. The third-order valence-corrected chi connectivity index (χ3v) is 3.67. The summed E-state index contributed by atoms with van der Waals surface area (Å²) >= 11 is 0. The van der Waals surface area contributed by atoms with E-state index in [0.29, 0.717) is 31.1 Å². The van der Waals surface area contributed by atoms with Gasteiger partial charge in [-0.3, -0.25) is 9.59 Å². The van der Waals surface area contributed by atoms with E-state index in [4.69, 9.17) is 0 Å². The van der Waals surface area contributed by atoms with E-state index in [1.807, 2.05) is 11.8 Å². The van der Waals surface area contributed by atoms with E-state index in [1.54, 1.807) is 0 Å². The molecule has 1 atom stereocenters. The van der Waals surface area contributed by atoms with Gasteiger partial charge in [0.2, 0.25) is 5.91 Å². The molecular weight excluding hydrogens is 244 g/mol. The maximum atomic E-state index is 12.3. The van der Waals surface area contributed by atoms with Crippen molar-refractivity contribution in [2.45, 2.75) is 45.1 Å². The number of hydrogen-bond acceptors (Lipinski definition) is 4. The Labute approximate surface area is 113 Å². The van der Waals surface area contributed by atoms with E-state index < -0.39 is 0 Å². The van der Waals surface area contributed by atoms with Crippen molar-refractivity contribution < 1.29 is 9.59 Å². The molecule has 19 heavy (non-hydrogen) atoms. The van der Waals surface area contributed by atoms with Crippen LogP contribution in [0.3, 0.4) is 0 Å². The molecule has 1 unspecified atom stereocenters. The van der Waals surface area contributed by atoms with Gasteiger partial charge in [0.05, 0.1) is 0 Å². The van der Waals surface area contributed by atoms with Crippen molar-refractivity contribution >= 4 is 17.5 Å². The maximum absolute atomic E-state index is 12.3. The lowest BCUT2D eigenvalue weighted by atomic mass is 10.0. The van der Waals surface area contributed by atoms with Crippen LogP contribution in [0.25, 0.3) is 0 Å². The minimum atomic E-state index is -0.117. The van der Waals surface area contributed by atoms with Crippen LogP contribution in [0.2, 0.25) is 0 Å². The summed E-state index contributed by atoms with van der Waals surface area (Å²) in [6, 6.07) is 0.386. The second-order valence-corrected chi connectivity index (χ2v) is 5.08. The molecule has 106 valence electrons. The van der Waals surface area contributed by atoms with Crippen molar-refractivity contribution in [2.75, 3.05) is 19.6 Å². The van der Waals surface area contributed by atoms with Crippen LogP contribution in [0.1, 0.15) is 39.0 Å². The number of piperidine rings is 1. The van der Waals surface area contributed by atoms with Gasteiger partial charge in [0.1, 0.15) is 5.71 Å². The van der Waals surface area contributed by atoms with Gasteiger partial charge in [-0.1, -0.05) is 6.42 Å². The molecular formula is C13H22N4O2. The molecule has 0 aromatic rings. The van der Waals surface area contributed by atoms with Crippen LogP contribution in [-0.4, -0.2) is 48.1 Å². The van der Waals surface area contributed by atoms with Crippen molar-refractivity contribution in [2.24, 2.45) is 5.10 Å². The number of hydrogen-bond donors (Lipinski definition) is 2. The highest BCUT2D eigenvalue weighted by atomic mass is 16.2. The lowest BCUT2D eigenvalue weighted by molar-refractivity contribution is -0.124. The molecule has 0 aromatic carbocycles. The van der Waals surface area contributed by atoms with E-state index in [-0.39, 0.29) is 11.8 Å². The van der Waals surface area contributed by atoms with Crippen molar-refractivity contribution in [3.63, 3.8) is 0 Å². The van der Waals surface area contributed by atoms with Crippen LogP contribution >= 0.6 is 0 Å². The first-order valence-electron chi connectivity index (χ1n) is 7.08. The number of nitrogens with one attached hydrogen (secondary N) is 2. The molecule has 0 spiro atoms. The molecule has 1 fully saturated rings. The molecule has 0 radical (unpaired) electrons. The van der Waals surface area contributed by atoms with E-state index in [1.165, 1.54) is 12.8 Å². The van der Waals surface area contributed by atoms with Crippen molar-refractivity contribution in [1.29, 1.82) is 0 Å². The zero-order valence-corrected chi connectivity index (χ0v) is 11.4. The number of amides is 2. The monoisotopic (exact) mass is 266 g/mol. The quantitative estimate of drug-likeness (QED) is 0.765. The lowest BCUT2D eigenvalue weighted by Gasteiger charge is -2.30. The van der Waals surface area contributed by atoms with Crippen molar-refractivity contribution in [3.8, 4) is 0 Å². The standard InChI is InChI=1S/C13H22N4O2/c1-2-17(9-10-5-3-4-8-14-10)13(19)11-6-7-12(18)16-15-11/h10,14H,2-9H2,1H3,(H,16,18). The van der Waals surface area contributed by atoms with Gasteiger partial charge < -0.3 is 10.2 Å². The SMILES string of the molecule is CCN(CC1CCCCN1)C(=O)C1=NNC(=O)CC1. The first-order valence-corrected chi connectivity index (χ1v) is 7.08. The summed E-state index contributed by atoms with van der Waals surface area (Å²) in [7, 11) is 0. The van der Waals surface area contributed by atoms with Gasteiger partial charge in [-0.15, -0.1) is 0 Å². The van der Waals surface area contributed by atoms with Gasteiger partial charge in [-0.25, -0.2) is 5.43 Å². The van der Waals surface area contributed by atoms with Crippen molar-refractivity contribution in [3.05, 3.63) is 0 Å². The van der Waals surface area contributed by atoms with Crippen LogP contribution in [0.5, 0.6) is 0 Å². The molecule has 0 aromatic heterocycles. The fraction of sp³-hybridized carbons (Fsp3) is 0.769. The number of nitrogens with zero attached hydrogens (tertiary/aromatic N) is 2. The molecule has 2 rings (SSSR count). The average Bonchev–Trinajstić information content (AvgIpc) is 2.46. The predicted octanol–water partition coefficient (Wildman–Crippen LogP) is 0.243. The number of hydrazone groups is 1. The summed E-state index contributed by atoms with van der Waals surface area (Å²) in [6.07, 6.45) is 4.35. The van der Waals surface area contributed by atoms with Gasteiger partial charge in [0.25, 0.3) is 5.91 Å². The average molecular weight is 266 g/mol. The van der Waals surface area contributed by atoms with Crippen LogP contribution in [0, 0.1) is 0 Å². The van der Waals surface area contributed by atoms with Gasteiger partial charge in [0.15, 0.2) is 0 Å². The van der Waals surface area contributed by atoms with E-state index in [2.05, 4.69) is 15.8 Å². The summed E-state index contributed by atoms with van der Waals surface area (Å²) in [5.41, 5.74) is 2.85. The molecule has 1 saturated heterocycles. The van der Waals surface area contributed by atoms with Gasteiger partial charge in [-0.05, 0) is 26.3 Å². The zero-order chi connectivity index (χ0) is 13.7. The van der Waals surface area contributed by atoms with E-state index >= 15 is 0 Å². The topological polar surface area (TPSA) is 73.8 Å². The zero-order valence-electron chi connectivity index (χ0n) is 11.4. The molecule has 2 N–H and O–H groups in total. The van der Waals surface area contributed by atoms with Crippen LogP contribution in [-0.2, 0) is 9.59 Å². The van der Waals surface area contributed by atoms with Crippen LogP contribution in [0.15, 0.2) is 5.10 Å². The highest BCUT2D eigenvalue weighted by Crippen LogP contribution is 2.10. The molecule has 0 bridgehead atoms. The summed E-state index contributed by atoms with van der Waals surface area (Å²) in [6.45, 7) is 4.41. The third-order valence-electron chi connectivity index (χ3n) is 3.67. The van der Waals surface area contributed by atoms with Crippen molar-refractivity contribution in [1.82, 2.24) is 15.6 Å². The largest absolute Gasteiger partial charge is 0.336 e. The molecule has 2 aliphatic rings. The van der Waals surface area contributed by atoms with E-state index in [0.717, 1.165) is 19.5 Å². The summed E-state index contributed by atoms with van der Waals surface area (Å²) < 4.78 is 0. The molecule has 0 aliphatic carbocycles. The highest BCUT2D eigenvalue weighted by molar-refractivity contribution is 6.39. The fourth-order valence-electron chi connectivity index (χ4n) is 2.51. The minimum Gasteiger partial charge on any atom is -0.336 e. The molecule has 2 heterocycles. The number of carbonyl (C=O) groups is 2. The highest BCUT2D eigenvalue weighted by Gasteiger charge is 2.25. The number of carbonyl (C=O) groups excluding carboxylic acids is 2. The lowest BCUT2D eigenvalue weighted by Crippen LogP contribution is -2.48. The Balaban J connectivity index is 1.92. The predicted molar refractivity (Wildman–Crippen MR) is 72.7 cm³/mol. The molecule has 2 amide bonds. The van der Waals surface area contributed by atoms with Crippen LogP contribution in [0.4, 0.5) is 0 Å². The second-order valence-electron chi connectivity index (χ2n) is 5.08. The smallest absolute Gasteiger partial charge is 0.270 e. The molecule has 6 nitrogen and oxygen atoms in total. The summed E-state index contributed by atoms with van der Waals surface area (Å²) in [4.78, 5) is 25.2. The number of rotatable bonds is 4.